The van der Waals surface area contributed by atoms with Crippen molar-refractivity contribution in [1.82, 2.24) is 9.78 Å². The van der Waals surface area contributed by atoms with E-state index >= 15 is 0 Å². The Morgan fingerprint density at radius 3 is 2.58 bits per heavy atom. The Morgan fingerprint density at radius 1 is 1.27 bits per heavy atom. The van der Waals surface area contributed by atoms with E-state index in [1.165, 1.54) is 7.05 Å². The molecule has 3 rings (SSSR count). The lowest BCUT2D eigenvalue weighted by Gasteiger charge is -2.04. The number of hydrogen-bond donors (Lipinski definition) is 1. The Kier molecular flexibility index (Phi) is 4.76. The maximum absolute atomic E-state index is 14.2. The molecule has 0 bridgehead atoms. The van der Waals surface area contributed by atoms with Gasteiger partial charge < -0.3 is 5.32 Å². The Labute approximate surface area is 154 Å². The first-order valence-electron chi connectivity index (χ1n) is 7.13. The highest BCUT2D eigenvalue weighted by Crippen LogP contribution is 2.36. The number of aromatic nitrogens is 2. The number of nitrogens with one attached hydrogen (secondary N) is 1. The molecule has 0 unspecified atom stereocenters. The number of para-hydroxylation sites is 1. The van der Waals surface area contributed by atoms with Gasteiger partial charge in [-0.1, -0.05) is 23.7 Å². The summed E-state index contributed by atoms with van der Waals surface area (Å²) < 4.78 is 53.5. The average molecular weight is 404 g/mol. The van der Waals surface area contributed by atoms with Gasteiger partial charge in [-0.2, -0.15) is 18.3 Å². The molecule has 0 atom stereocenters. The lowest BCUT2D eigenvalue weighted by Crippen LogP contribution is -2.10. The van der Waals surface area contributed by atoms with Gasteiger partial charge in [0.15, 0.2) is 5.69 Å². The summed E-state index contributed by atoms with van der Waals surface area (Å²) in [4.78, 5) is 12.2. The zero-order valence-electron chi connectivity index (χ0n) is 13.1. The lowest BCUT2D eigenvalue weighted by atomic mass is 10.3. The van der Waals surface area contributed by atoms with Crippen LogP contribution in [0.2, 0.25) is 5.02 Å². The highest BCUT2D eigenvalue weighted by atomic mass is 35.5. The van der Waals surface area contributed by atoms with Gasteiger partial charge in [0.1, 0.15) is 5.82 Å². The summed E-state index contributed by atoms with van der Waals surface area (Å²) in [6, 6.07) is 8.20. The van der Waals surface area contributed by atoms with Crippen molar-refractivity contribution < 1.29 is 22.4 Å². The number of anilines is 1. The van der Waals surface area contributed by atoms with Gasteiger partial charge in [0.2, 0.25) is 0 Å². The molecule has 0 radical (unpaired) electrons. The highest BCUT2D eigenvalue weighted by molar-refractivity contribution is 7.17. The van der Waals surface area contributed by atoms with Crippen molar-refractivity contribution >= 4 is 34.5 Å². The average Bonchev–Trinajstić information content (AvgIpc) is 3.12. The van der Waals surface area contributed by atoms with Crippen molar-refractivity contribution in [1.29, 1.82) is 0 Å². The minimum absolute atomic E-state index is 0.00724. The van der Waals surface area contributed by atoms with Gasteiger partial charge in [-0.15, -0.1) is 11.3 Å². The second-order valence-electron chi connectivity index (χ2n) is 5.26. The third kappa shape index (κ3) is 3.58. The van der Waals surface area contributed by atoms with E-state index in [-0.39, 0.29) is 15.4 Å². The molecule has 136 valence electrons. The van der Waals surface area contributed by atoms with Gasteiger partial charge in [0.05, 0.1) is 26.2 Å². The van der Waals surface area contributed by atoms with Crippen LogP contribution in [-0.2, 0) is 13.2 Å². The molecule has 1 N–H and O–H groups in total. The predicted molar refractivity (Wildman–Crippen MR) is 90.9 cm³/mol. The number of aryl methyl sites for hydroxylation is 1. The fraction of sp³-hybridized carbons (Fsp3) is 0.125. The summed E-state index contributed by atoms with van der Waals surface area (Å²) in [5.41, 5.74) is -0.865. The summed E-state index contributed by atoms with van der Waals surface area (Å²) in [5, 5.41) is 6.18. The van der Waals surface area contributed by atoms with Gasteiger partial charge >= 0.3 is 6.18 Å². The fourth-order valence-electron chi connectivity index (χ4n) is 2.22. The number of benzene rings is 1. The molecule has 10 heteroatoms. The molecule has 3 aromatic rings. The summed E-state index contributed by atoms with van der Waals surface area (Å²) in [5.74, 6) is -1.43. The molecule has 1 aromatic carbocycles. The molecule has 26 heavy (non-hydrogen) atoms. The minimum atomic E-state index is -4.64. The summed E-state index contributed by atoms with van der Waals surface area (Å²) in [6.45, 7) is 0. The van der Waals surface area contributed by atoms with Gasteiger partial charge in [-0.25, -0.2) is 4.39 Å². The van der Waals surface area contributed by atoms with E-state index in [4.69, 9.17) is 11.6 Å². The number of carbonyl (C=O) groups excluding carboxylic acids is 1. The number of nitrogens with zero attached hydrogens (tertiary/aromatic N) is 2. The number of halogens is 5. The zero-order valence-corrected chi connectivity index (χ0v) is 14.6. The van der Waals surface area contributed by atoms with E-state index in [9.17, 15) is 22.4 Å². The van der Waals surface area contributed by atoms with Crippen molar-refractivity contribution in [3.63, 3.8) is 0 Å². The molecule has 0 saturated carbocycles. The maximum atomic E-state index is 14.2. The molecule has 0 saturated heterocycles. The molecule has 2 heterocycles. The van der Waals surface area contributed by atoms with Crippen LogP contribution in [0.1, 0.15) is 15.4 Å². The van der Waals surface area contributed by atoms with E-state index in [1.54, 1.807) is 24.3 Å². The molecule has 1 amide bonds. The SMILES string of the molecule is Cn1nc(C(F)(F)F)cc1-c1sc(C(=O)Nc2ccccc2Cl)cc1F. The third-order valence-electron chi connectivity index (χ3n) is 3.44. The Morgan fingerprint density at radius 2 is 1.96 bits per heavy atom. The lowest BCUT2D eigenvalue weighted by molar-refractivity contribution is -0.141. The van der Waals surface area contributed by atoms with Crippen molar-refractivity contribution in [2.45, 2.75) is 6.18 Å². The second-order valence-corrected chi connectivity index (χ2v) is 6.72. The van der Waals surface area contributed by atoms with E-state index in [2.05, 4.69) is 10.4 Å². The molecule has 0 aliphatic carbocycles. The first-order chi connectivity index (χ1) is 12.2. The first-order valence-corrected chi connectivity index (χ1v) is 8.33. The third-order valence-corrected chi connectivity index (χ3v) is 4.90. The van der Waals surface area contributed by atoms with Crippen LogP contribution in [0.5, 0.6) is 0 Å². The molecule has 0 aliphatic heterocycles. The Balaban J connectivity index is 1.91. The Bertz CT molecular complexity index is 980. The normalized spacial score (nSPS) is 11.6. The van der Waals surface area contributed by atoms with Crippen LogP contribution in [0.25, 0.3) is 10.6 Å². The van der Waals surface area contributed by atoms with Crippen molar-refractivity contribution in [3.05, 3.63) is 57.8 Å². The van der Waals surface area contributed by atoms with Crippen LogP contribution >= 0.6 is 22.9 Å². The van der Waals surface area contributed by atoms with Crippen LogP contribution in [0.3, 0.4) is 0 Å². The van der Waals surface area contributed by atoms with Crippen LogP contribution in [0.4, 0.5) is 23.2 Å². The number of hydrogen-bond acceptors (Lipinski definition) is 3. The first kappa shape index (κ1) is 18.4. The zero-order chi connectivity index (χ0) is 19.1. The fourth-order valence-corrected chi connectivity index (χ4v) is 3.38. The van der Waals surface area contributed by atoms with Crippen LogP contribution in [-0.4, -0.2) is 15.7 Å². The highest BCUT2D eigenvalue weighted by Gasteiger charge is 2.35. The van der Waals surface area contributed by atoms with Crippen LogP contribution in [0, 0.1) is 5.82 Å². The summed E-state index contributed by atoms with van der Waals surface area (Å²) in [6.07, 6.45) is -4.64. The van der Waals surface area contributed by atoms with Crippen molar-refractivity contribution in [2.75, 3.05) is 5.32 Å². The van der Waals surface area contributed by atoms with Crippen molar-refractivity contribution in [3.8, 4) is 10.6 Å². The molecule has 0 aliphatic rings. The number of thiophene rings is 1. The van der Waals surface area contributed by atoms with E-state index in [0.29, 0.717) is 10.7 Å². The number of rotatable bonds is 3. The van der Waals surface area contributed by atoms with Crippen molar-refractivity contribution in [2.24, 2.45) is 7.05 Å². The topological polar surface area (TPSA) is 46.9 Å². The van der Waals surface area contributed by atoms with Crippen LogP contribution < -0.4 is 5.32 Å². The predicted octanol–water partition coefficient (Wildman–Crippen LogP) is 5.21. The smallest absolute Gasteiger partial charge is 0.320 e. The quantitative estimate of drug-likeness (QED) is 0.610. The second kappa shape index (κ2) is 6.73. The summed E-state index contributed by atoms with van der Waals surface area (Å²) >= 11 is 6.68. The van der Waals surface area contributed by atoms with Gasteiger partial charge in [0, 0.05) is 7.05 Å². The van der Waals surface area contributed by atoms with E-state index in [1.807, 2.05) is 0 Å². The minimum Gasteiger partial charge on any atom is -0.320 e. The van der Waals surface area contributed by atoms with Gasteiger partial charge in [-0.3, -0.25) is 9.48 Å². The number of alkyl halides is 3. The number of carbonyl (C=O) groups is 1. The molecule has 0 fully saturated rings. The van der Waals surface area contributed by atoms with E-state index in [0.717, 1.165) is 28.2 Å². The largest absolute Gasteiger partial charge is 0.435 e. The molecule has 2 aromatic heterocycles. The molecular formula is C16H10ClF4N3OS. The van der Waals surface area contributed by atoms with E-state index < -0.39 is 23.6 Å². The Hall–Kier alpha value is -2.39. The molecular weight excluding hydrogens is 394 g/mol. The molecule has 0 spiro atoms. The summed E-state index contributed by atoms with van der Waals surface area (Å²) in [7, 11) is 1.27. The maximum Gasteiger partial charge on any atom is 0.435 e. The van der Waals surface area contributed by atoms with Crippen LogP contribution in [0.15, 0.2) is 36.4 Å². The molecule has 4 nitrogen and oxygen atoms in total. The monoisotopic (exact) mass is 403 g/mol. The number of amides is 1. The van der Waals surface area contributed by atoms with Gasteiger partial charge in [-0.05, 0) is 24.3 Å². The van der Waals surface area contributed by atoms with Gasteiger partial charge in [0.25, 0.3) is 5.91 Å². The standard InChI is InChI=1S/C16H10ClF4N3OS/c1-24-11(7-13(23-24)16(19,20)21)14-9(18)6-12(26-14)15(25)22-10-5-3-2-4-8(10)17/h2-7H,1H3,(H,22,25).